The van der Waals surface area contributed by atoms with Crippen LogP contribution >= 0.6 is 11.8 Å². The third-order valence-corrected chi connectivity index (χ3v) is 7.40. The Morgan fingerprint density at radius 3 is 2.46 bits per heavy atom. The molecule has 152 valence electrons. The highest BCUT2D eigenvalue weighted by atomic mass is 32.2. The van der Waals surface area contributed by atoms with Gasteiger partial charge in [-0.2, -0.15) is 0 Å². The van der Waals surface area contributed by atoms with Crippen molar-refractivity contribution < 1.29 is 9.59 Å². The average Bonchev–Trinajstić information content (AvgIpc) is 3.41. The van der Waals surface area contributed by atoms with Crippen LogP contribution in [-0.2, 0) is 4.79 Å². The summed E-state index contributed by atoms with van der Waals surface area (Å²) in [5.74, 6) is 2.14. The van der Waals surface area contributed by atoms with Gasteiger partial charge in [0, 0.05) is 37.0 Å². The normalized spacial score (nSPS) is 24.6. The maximum absolute atomic E-state index is 12.9. The molecule has 0 radical (unpaired) electrons. The van der Waals surface area contributed by atoms with Gasteiger partial charge in [-0.1, -0.05) is 31.0 Å². The van der Waals surface area contributed by atoms with Gasteiger partial charge in [-0.3, -0.25) is 9.59 Å². The van der Waals surface area contributed by atoms with Gasteiger partial charge in [0.2, 0.25) is 5.91 Å². The fourth-order valence-electron chi connectivity index (χ4n) is 4.72. The number of piperidine rings is 1. The standard InChI is InChI=1S/C22H31N3O2S/c26-21(20-15-28-16-25(20)22(27)18-8-2-1-3-9-18)23-19-10-12-24(13-11-19)14-17-6-4-5-7-17/h1-3,8-9,17,19-20H,4-7,10-16H2,(H,23,26). The SMILES string of the molecule is O=C(NC1CCN(CC2CCCC2)CC1)C1CSCN1C(=O)c1ccccc1. The van der Waals surface area contributed by atoms with E-state index in [0.29, 0.717) is 17.2 Å². The van der Waals surface area contributed by atoms with Gasteiger partial charge in [-0.05, 0) is 43.7 Å². The maximum atomic E-state index is 12.9. The lowest BCUT2D eigenvalue weighted by Crippen LogP contribution is -2.52. The second-order valence-corrected chi connectivity index (χ2v) is 9.39. The number of amides is 2. The molecule has 0 bridgehead atoms. The molecule has 0 aromatic heterocycles. The molecular formula is C22H31N3O2S. The quantitative estimate of drug-likeness (QED) is 0.824. The zero-order valence-corrected chi connectivity index (χ0v) is 17.3. The molecule has 1 aromatic carbocycles. The Bertz CT molecular complexity index is 670. The van der Waals surface area contributed by atoms with Crippen molar-refractivity contribution >= 4 is 23.6 Å². The van der Waals surface area contributed by atoms with Gasteiger partial charge >= 0.3 is 0 Å². The Kier molecular flexibility index (Phi) is 6.58. The second kappa shape index (κ2) is 9.31. The molecule has 3 aliphatic rings. The number of nitrogens with one attached hydrogen (secondary N) is 1. The molecule has 3 fully saturated rings. The van der Waals surface area contributed by atoms with Gasteiger partial charge in [-0.25, -0.2) is 0 Å². The molecule has 2 saturated heterocycles. The Hall–Kier alpha value is -1.53. The third-order valence-electron chi connectivity index (χ3n) is 6.39. The number of nitrogens with zero attached hydrogens (tertiary/aromatic N) is 2. The van der Waals surface area contributed by atoms with E-state index in [2.05, 4.69) is 10.2 Å². The lowest BCUT2D eigenvalue weighted by atomic mass is 10.0. The van der Waals surface area contributed by atoms with Crippen LogP contribution in [-0.4, -0.2) is 65.0 Å². The first kappa shape index (κ1) is 19.8. The lowest BCUT2D eigenvalue weighted by molar-refractivity contribution is -0.125. The van der Waals surface area contributed by atoms with Gasteiger partial charge in [0.15, 0.2) is 0 Å². The largest absolute Gasteiger partial charge is 0.351 e. The van der Waals surface area contributed by atoms with Crippen molar-refractivity contribution in [3.63, 3.8) is 0 Å². The molecule has 2 amide bonds. The predicted octanol–water partition coefficient (Wildman–Crippen LogP) is 2.97. The number of carbonyl (C=O) groups excluding carboxylic acids is 2. The maximum Gasteiger partial charge on any atom is 0.255 e. The Labute approximate surface area is 172 Å². The van der Waals surface area contributed by atoms with Gasteiger partial charge in [0.1, 0.15) is 6.04 Å². The second-order valence-electron chi connectivity index (χ2n) is 8.39. The van der Waals surface area contributed by atoms with Crippen LogP contribution in [0.15, 0.2) is 30.3 Å². The summed E-state index contributed by atoms with van der Waals surface area (Å²) in [6, 6.07) is 9.16. The highest BCUT2D eigenvalue weighted by molar-refractivity contribution is 7.99. The fourth-order valence-corrected chi connectivity index (χ4v) is 5.88. The lowest BCUT2D eigenvalue weighted by Gasteiger charge is -2.34. The Morgan fingerprint density at radius 2 is 1.75 bits per heavy atom. The number of carbonyl (C=O) groups is 2. The van der Waals surface area contributed by atoms with Crippen molar-refractivity contribution in [2.75, 3.05) is 31.3 Å². The van der Waals surface area contributed by atoms with E-state index < -0.39 is 0 Å². The molecule has 1 saturated carbocycles. The fraction of sp³-hybridized carbons (Fsp3) is 0.636. The minimum atomic E-state index is -0.353. The van der Waals surface area contributed by atoms with Gasteiger partial charge < -0.3 is 15.1 Å². The zero-order chi connectivity index (χ0) is 19.3. The number of likely N-dealkylation sites (tertiary alicyclic amines) is 1. The summed E-state index contributed by atoms with van der Waals surface area (Å²) in [4.78, 5) is 30.0. The molecule has 5 nitrogen and oxygen atoms in total. The van der Waals surface area contributed by atoms with Crippen LogP contribution < -0.4 is 5.32 Å². The summed E-state index contributed by atoms with van der Waals surface area (Å²) in [6.45, 7) is 3.39. The van der Waals surface area contributed by atoms with E-state index in [1.165, 1.54) is 32.2 Å². The third kappa shape index (κ3) is 4.71. The van der Waals surface area contributed by atoms with Gasteiger partial charge in [0.05, 0.1) is 5.88 Å². The van der Waals surface area contributed by atoms with Crippen molar-refractivity contribution in [2.24, 2.45) is 5.92 Å². The first-order valence-corrected chi connectivity index (χ1v) is 11.8. The molecule has 1 aliphatic carbocycles. The number of rotatable bonds is 5. The molecule has 1 atom stereocenters. The number of hydrogen-bond acceptors (Lipinski definition) is 4. The molecular weight excluding hydrogens is 370 g/mol. The van der Waals surface area contributed by atoms with E-state index in [-0.39, 0.29) is 23.9 Å². The molecule has 1 aromatic rings. The van der Waals surface area contributed by atoms with E-state index in [1.54, 1.807) is 16.7 Å². The summed E-state index contributed by atoms with van der Waals surface area (Å²) < 4.78 is 0. The molecule has 1 unspecified atom stereocenters. The zero-order valence-electron chi connectivity index (χ0n) is 16.5. The average molecular weight is 402 g/mol. The molecule has 1 N–H and O–H groups in total. The van der Waals surface area contributed by atoms with Gasteiger partial charge in [-0.15, -0.1) is 11.8 Å². The number of thioether (sulfide) groups is 1. The van der Waals surface area contributed by atoms with Crippen LogP contribution in [0.2, 0.25) is 0 Å². The van der Waals surface area contributed by atoms with E-state index >= 15 is 0 Å². The van der Waals surface area contributed by atoms with Crippen LogP contribution in [0, 0.1) is 5.92 Å². The minimum absolute atomic E-state index is 0.0172. The van der Waals surface area contributed by atoms with Crippen LogP contribution in [0.25, 0.3) is 0 Å². The molecule has 2 aliphatic heterocycles. The van der Waals surface area contributed by atoms with E-state index in [0.717, 1.165) is 31.8 Å². The van der Waals surface area contributed by atoms with Crippen LogP contribution in [0.1, 0.15) is 48.9 Å². The van der Waals surface area contributed by atoms with E-state index in [4.69, 9.17) is 0 Å². The smallest absolute Gasteiger partial charge is 0.255 e. The van der Waals surface area contributed by atoms with E-state index in [1.807, 2.05) is 30.3 Å². The van der Waals surface area contributed by atoms with Crippen molar-refractivity contribution in [3.8, 4) is 0 Å². The summed E-state index contributed by atoms with van der Waals surface area (Å²) in [5, 5.41) is 3.24. The van der Waals surface area contributed by atoms with Crippen LogP contribution in [0.3, 0.4) is 0 Å². The van der Waals surface area contributed by atoms with Crippen molar-refractivity contribution in [1.82, 2.24) is 15.1 Å². The predicted molar refractivity (Wildman–Crippen MR) is 113 cm³/mol. The molecule has 2 heterocycles. The Morgan fingerprint density at radius 1 is 1.04 bits per heavy atom. The monoisotopic (exact) mass is 401 g/mol. The number of benzene rings is 1. The van der Waals surface area contributed by atoms with Crippen molar-refractivity contribution in [2.45, 2.75) is 50.6 Å². The Balaban J connectivity index is 1.27. The highest BCUT2D eigenvalue weighted by Gasteiger charge is 2.36. The summed E-state index contributed by atoms with van der Waals surface area (Å²) >= 11 is 1.66. The minimum Gasteiger partial charge on any atom is -0.351 e. The van der Waals surface area contributed by atoms with Crippen molar-refractivity contribution in [1.29, 1.82) is 0 Å². The number of hydrogen-bond donors (Lipinski definition) is 1. The van der Waals surface area contributed by atoms with Crippen molar-refractivity contribution in [3.05, 3.63) is 35.9 Å². The summed E-state index contributed by atoms with van der Waals surface area (Å²) in [6.07, 6.45) is 7.61. The van der Waals surface area contributed by atoms with Crippen LogP contribution in [0.4, 0.5) is 0 Å². The summed E-state index contributed by atoms with van der Waals surface area (Å²) in [7, 11) is 0. The highest BCUT2D eigenvalue weighted by Crippen LogP contribution is 2.27. The van der Waals surface area contributed by atoms with E-state index in [9.17, 15) is 9.59 Å². The first-order valence-electron chi connectivity index (χ1n) is 10.7. The summed E-state index contributed by atoms with van der Waals surface area (Å²) in [5.41, 5.74) is 0.656. The van der Waals surface area contributed by atoms with Crippen LogP contribution in [0.5, 0.6) is 0 Å². The molecule has 28 heavy (non-hydrogen) atoms. The topological polar surface area (TPSA) is 52.7 Å². The molecule has 4 rings (SSSR count). The first-order chi connectivity index (χ1) is 13.7. The molecule has 6 heteroatoms. The molecule has 0 spiro atoms. The van der Waals surface area contributed by atoms with Gasteiger partial charge in [0.25, 0.3) is 5.91 Å².